The first-order valence-corrected chi connectivity index (χ1v) is 8.63. The lowest BCUT2D eigenvalue weighted by molar-refractivity contribution is 0.399. The summed E-state index contributed by atoms with van der Waals surface area (Å²) >= 11 is 0. The molecule has 0 bridgehead atoms. The standard InChI is InChI=1S/C20H36N2/c1-15-16(2)20(12-10-14-22(7)8)18(4)17(3)19(15)11-9-13-21(5)6/h9-14H2,1-8H3. The average molecular weight is 305 g/mol. The summed E-state index contributed by atoms with van der Waals surface area (Å²) in [4.78, 5) is 4.56. The molecule has 0 fully saturated rings. The monoisotopic (exact) mass is 304 g/mol. The van der Waals surface area contributed by atoms with Crippen molar-refractivity contribution in [3.05, 3.63) is 33.4 Å². The molecule has 126 valence electrons. The van der Waals surface area contributed by atoms with E-state index in [4.69, 9.17) is 0 Å². The maximum atomic E-state index is 2.32. The van der Waals surface area contributed by atoms with Crippen molar-refractivity contribution in [2.24, 2.45) is 0 Å². The fraction of sp³-hybridized carbons (Fsp3) is 0.700. The molecule has 0 saturated carbocycles. The van der Waals surface area contributed by atoms with Gasteiger partial charge >= 0.3 is 0 Å². The second-order valence-electron chi connectivity index (χ2n) is 7.27. The van der Waals surface area contributed by atoms with E-state index in [1.165, 1.54) is 61.0 Å². The lowest BCUT2D eigenvalue weighted by atomic mass is 9.85. The van der Waals surface area contributed by atoms with E-state index in [1.54, 1.807) is 11.1 Å². The Bertz CT molecular complexity index is 413. The van der Waals surface area contributed by atoms with Gasteiger partial charge in [0.1, 0.15) is 0 Å². The van der Waals surface area contributed by atoms with Gasteiger partial charge < -0.3 is 9.80 Å². The molecule has 0 amide bonds. The number of hydrogen-bond acceptors (Lipinski definition) is 2. The molecule has 0 spiro atoms. The zero-order chi connectivity index (χ0) is 16.9. The summed E-state index contributed by atoms with van der Waals surface area (Å²) in [6, 6.07) is 0. The Labute approximate surface area is 138 Å². The van der Waals surface area contributed by atoms with Crippen LogP contribution in [-0.2, 0) is 12.8 Å². The molecular weight excluding hydrogens is 268 g/mol. The van der Waals surface area contributed by atoms with Crippen LogP contribution >= 0.6 is 0 Å². The van der Waals surface area contributed by atoms with Crippen LogP contribution in [0.2, 0.25) is 0 Å². The quantitative estimate of drug-likeness (QED) is 0.718. The van der Waals surface area contributed by atoms with Gasteiger partial charge in [-0.2, -0.15) is 0 Å². The van der Waals surface area contributed by atoms with Gasteiger partial charge in [-0.1, -0.05) is 0 Å². The van der Waals surface area contributed by atoms with Gasteiger partial charge in [-0.15, -0.1) is 0 Å². The summed E-state index contributed by atoms with van der Waals surface area (Å²) in [7, 11) is 8.63. The molecule has 2 nitrogen and oxygen atoms in total. The third-order valence-electron chi connectivity index (χ3n) is 5.00. The van der Waals surface area contributed by atoms with Crippen LogP contribution in [0.4, 0.5) is 0 Å². The van der Waals surface area contributed by atoms with Crippen LogP contribution in [0.5, 0.6) is 0 Å². The molecule has 0 N–H and O–H groups in total. The van der Waals surface area contributed by atoms with E-state index >= 15 is 0 Å². The van der Waals surface area contributed by atoms with Crippen molar-refractivity contribution >= 4 is 0 Å². The smallest absolute Gasteiger partial charge is 0.00217 e. The van der Waals surface area contributed by atoms with Crippen molar-refractivity contribution < 1.29 is 0 Å². The predicted octanol–water partition coefficient (Wildman–Crippen LogP) is 3.91. The lowest BCUT2D eigenvalue weighted by Crippen LogP contribution is -2.15. The Morgan fingerprint density at radius 3 is 1.05 bits per heavy atom. The van der Waals surface area contributed by atoms with Crippen LogP contribution in [0.25, 0.3) is 0 Å². The maximum Gasteiger partial charge on any atom is -0.00217 e. The van der Waals surface area contributed by atoms with E-state index in [0.717, 1.165) is 0 Å². The second-order valence-corrected chi connectivity index (χ2v) is 7.27. The fourth-order valence-electron chi connectivity index (χ4n) is 3.36. The topological polar surface area (TPSA) is 6.48 Å². The first-order valence-electron chi connectivity index (χ1n) is 8.63. The van der Waals surface area contributed by atoms with E-state index in [1.807, 2.05) is 0 Å². The zero-order valence-corrected chi connectivity index (χ0v) is 16.1. The predicted molar refractivity (Wildman–Crippen MR) is 99.1 cm³/mol. The van der Waals surface area contributed by atoms with Crippen LogP contribution in [0.3, 0.4) is 0 Å². The zero-order valence-electron chi connectivity index (χ0n) is 16.1. The molecule has 0 unspecified atom stereocenters. The molecule has 0 aromatic heterocycles. The van der Waals surface area contributed by atoms with Gasteiger partial charge in [-0.3, -0.25) is 0 Å². The minimum atomic E-state index is 1.17. The van der Waals surface area contributed by atoms with Crippen molar-refractivity contribution in [2.45, 2.75) is 53.4 Å². The molecule has 1 aromatic rings. The Hall–Kier alpha value is -0.860. The number of benzene rings is 1. The van der Waals surface area contributed by atoms with Gasteiger partial charge in [0.25, 0.3) is 0 Å². The molecule has 0 aliphatic rings. The molecule has 1 aromatic carbocycles. The van der Waals surface area contributed by atoms with Crippen LogP contribution in [0.1, 0.15) is 46.2 Å². The number of nitrogens with zero attached hydrogens (tertiary/aromatic N) is 2. The van der Waals surface area contributed by atoms with E-state index in [9.17, 15) is 0 Å². The minimum Gasteiger partial charge on any atom is -0.309 e. The maximum absolute atomic E-state index is 2.32. The van der Waals surface area contributed by atoms with Crippen molar-refractivity contribution in [3.8, 4) is 0 Å². The van der Waals surface area contributed by atoms with Crippen molar-refractivity contribution in [2.75, 3.05) is 41.3 Å². The molecule has 0 saturated heterocycles. The molecule has 22 heavy (non-hydrogen) atoms. The highest BCUT2D eigenvalue weighted by Crippen LogP contribution is 2.28. The first-order chi connectivity index (χ1) is 10.3. The van der Waals surface area contributed by atoms with Crippen LogP contribution in [0.15, 0.2) is 0 Å². The van der Waals surface area contributed by atoms with Crippen LogP contribution < -0.4 is 0 Å². The van der Waals surface area contributed by atoms with E-state index in [0.29, 0.717) is 0 Å². The van der Waals surface area contributed by atoms with Crippen molar-refractivity contribution in [1.82, 2.24) is 9.80 Å². The van der Waals surface area contributed by atoms with Gasteiger partial charge in [0.2, 0.25) is 0 Å². The Morgan fingerprint density at radius 1 is 0.545 bits per heavy atom. The van der Waals surface area contributed by atoms with Gasteiger partial charge in [0.15, 0.2) is 0 Å². The molecule has 2 heteroatoms. The Balaban J connectivity index is 2.94. The molecule has 0 radical (unpaired) electrons. The number of rotatable bonds is 8. The summed E-state index contributed by atoms with van der Waals surface area (Å²) in [5.74, 6) is 0. The summed E-state index contributed by atoms with van der Waals surface area (Å²) in [5.41, 5.74) is 9.30. The largest absolute Gasteiger partial charge is 0.309 e. The number of hydrogen-bond donors (Lipinski definition) is 0. The van der Waals surface area contributed by atoms with Crippen LogP contribution in [-0.4, -0.2) is 51.1 Å². The van der Waals surface area contributed by atoms with Gasteiger partial charge in [-0.25, -0.2) is 0 Å². The Morgan fingerprint density at radius 2 is 0.818 bits per heavy atom. The van der Waals surface area contributed by atoms with E-state index < -0.39 is 0 Å². The fourth-order valence-corrected chi connectivity index (χ4v) is 3.36. The highest BCUT2D eigenvalue weighted by Gasteiger charge is 2.14. The Kier molecular flexibility index (Phi) is 7.58. The molecule has 0 aliphatic carbocycles. The third-order valence-corrected chi connectivity index (χ3v) is 5.00. The van der Waals surface area contributed by atoms with Crippen molar-refractivity contribution in [1.29, 1.82) is 0 Å². The first kappa shape index (κ1) is 19.2. The summed E-state index contributed by atoms with van der Waals surface area (Å²) < 4.78 is 0. The molecule has 0 aliphatic heterocycles. The van der Waals surface area contributed by atoms with Gasteiger partial charge in [-0.05, 0) is 128 Å². The normalized spacial score (nSPS) is 11.7. The highest BCUT2D eigenvalue weighted by atomic mass is 15.0. The molecule has 1 rings (SSSR count). The second kappa shape index (κ2) is 8.69. The summed E-state index contributed by atoms with van der Waals surface area (Å²) in [6.07, 6.45) is 4.89. The highest BCUT2D eigenvalue weighted by molar-refractivity contribution is 5.50. The van der Waals surface area contributed by atoms with Gasteiger partial charge in [0.05, 0.1) is 0 Å². The summed E-state index contributed by atoms with van der Waals surface area (Å²) in [6.45, 7) is 11.6. The molecule has 0 atom stereocenters. The average Bonchev–Trinajstić information content (AvgIpc) is 2.43. The van der Waals surface area contributed by atoms with E-state index in [-0.39, 0.29) is 0 Å². The SMILES string of the molecule is Cc1c(C)c(CCCN(C)C)c(C)c(C)c1CCCN(C)C. The van der Waals surface area contributed by atoms with Gasteiger partial charge in [0, 0.05) is 0 Å². The molecular formula is C20H36N2. The molecule has 0 heterocycles. The van der Waals surface area contributed by atoms with E-state index in [2.05, 4.69) is 65.7 Å². The third kappa shape index (κ3) is 5.10. The minimum absolute atomic E-state index is 1.17. The van der Waals surface area contributed by atoms with Crippen LogP contribution in [0, 0.1) is 27.7 Å². The van der Waals surface area contributed by atoms with Crippen molar-refractivity contribution in [3.63, 3.8) is 0 Å². The summed E-state index contributed by atoms with van der Waals surface area (Å²) in [5, 5.41) is 0. The lowest BCUT2D eigenvalue weighted by Gasteiger charge is -2.22.